The van der Waals surface area contributed by atoms with Crippen LogP contribution in [0.15, 0.2) is 135 Å². The third kappa shape index (κ3) is 4.63. The molecule has 42 heavy (non-hydrogen) atoms. The molecule has 5 nitrogen and oxygen atoms in total. The average molecular weight is 564 g/mol. The molecule has 0 aliphatic heterocycles. The van der Waals surface area contributed by atoms with Crippen molar-refractivity contribution in [2.24, 2.45) is 5.73 Å². The Morgan fingerprint density at radius 2 is 1.26 bits per heavy atom. The van der Waals surface area contributed by atoms with Crippen LogP contribution in [0.1, 0.15) is 0 Å². The fraction of sp³-hybridized carbons (Fsp3) is 0.0278. The zero-order valence-electron chi connectivity index (χ0n) is 23.2. The smallest absolute Gasteiger partial charge is 0.0963 e. The SMILES string of the molecule is C=C.CN.c1cncc(-c2cc(-c3cccnc3)cc(-n3c4cc5sc6ccccc6c5cc4c4ncccc43)c2)c1. The van der Waals surface area contributed by atoms with Crippen LogP contribution in [0.2, 0.25) is 0 Å². The lowest BCUT2D eigenvalue weighted by Crippen LogP contribution is -1.96. The van der Waals surface area contributed by atoms with Crippen LogP contribution >= 0.6 is 11.3 Å². The summed E-state index contributed by atoms with van der Waals surface area (Å²) in [5.41, 5.74) is 13.2. The van der Waals surface area contributed by atoms with E-state index in [2.05, 4.69) is 106 Å². The number of aromatic nitrogens is 4. The molecule has 5 aromatic heterocycles. The van der Waals surface area contributed by atoms with Crippen molar-refractivity contribution in [2.45, 2.75) is 0 Å². The molecule has 0 atom stereocenters. The first-order valence-corrected chi connectivity index (χ1v) is 14.4. The second-order valence-electron chi connectivity index (χ2n) is 9.42. The van der Waals surface area contributed by atoms with Crippen molar-refractivity contribution in [1.82, 2.24) is 19.5 Å². The molecule has 8 rings (SSSR count). The lowest BCUT2D eigenvalue weighted by atomic mass is 9.99. The maximum Gasteiger partial charge on any atom is 0.0963 e. The first kappa shape index (κ1) is 27.0. The van der Waals surface area contributed by atoms with E-state index in [1.54, 1.807) is 0 Å². The number of pyridine rings is 3. The highest BCUT2D eigenvalue weighted by atomic mass is 32.1. The molecule has 0 bridgehead atoms. The van der Waals surface area contributed by atoms with E-state index in [0.717, 1.165) is 49.9 Å². The van der Waals surface area contributed by atoms with Crippen LogP contribution in [-0.4, -0.2) is 26.6 Å². The van der Waals surface area contributed by atoms with E-state index in [0.29, 0.717) is 0 Å². The summed E-state index contributed by atoms with van der Waals surface area (Å²) >= 11 is 1.84. The number of hydrogen-bond acceptors (Lipinski definition) is 5. The summed E-state index contributed by atoms with van der Waals surface area (Å²) in [6.07, 6.45) is 9.34. The fourth-order valence-electron chi connectivity index (χ4n) is 5.47. The Labute approximate surface area is 248 Å². The maximum absolute atomic E-state index is 4.85. The monoisotopic (exact) mass is 563 g/mol. The largest absolute Gasteiger partial charge is 0.333 e. The molecule has 0 saturated carbocycles. The Hall–Kier alpha value is -5.17. The number of hydrogen-bond donors (Lipinski definition) is 1. The Bertz CT molecular complexity index is 2090. The van der Waals surface area contributed by atoms with Gasteiger partial charge in [-0.1, -0.05) is 30.3 Å². The molecule has 8 aromatic rings. The Balaban J connectivity index is 0.000000759. The van der Waals surface area contributed by atoms with Gasteiger partial charge in [0, 0.05) is 73.4 Å². The Kier molecular flexibility index (Phi) is 7.56. The minimum absolute atomic E-state index is 1.01. The summed E-state index contributed by atoms with van der Waals surface area (Å²) in [7, 11) is 1.50. The van der Waals surface area contributed by atoms with Crippen LogP contribution in [-0.2, 0) is 0 Å². The number of benzene rings is 3. The molecule has 0 amide bonds. The van der Waals surface area contributed by atoms with Crippen molar-refractivity contribution in [3.63, 3.8) is 0 Å². The molecule has 0 aliphatic rings. The van der Waals surface area contributed by atoms with Crippen LogP contribution in [0.5, 0.6) is 0 Å². The van der Waals surface area contributed by atoms with Gasteiger partial charge in [-0.25, -0.2) is 0 Å². The van der Waals surface area contributed by atoms with Crippen molar-refractivity contribution < 1.29 is 0 Å². The summed E-state index contributed by atoms with van der Waals surface area (Å²) in [5.74, 6) is 0. The number of nitrogens with zero attached hydrogens (tertiary/aromatic N) is 4. The van der Waals surface area contributed by atoms with Crippen molar-refractivity contribution in [1.29, 1.82) is 0 Å². The first-order valence-electron chi connectivity index (χ1n) is 13.6. The molecule has 204 valence electrons. The predicted octanol–water partition coefficient (Wildman–Crippen LogP) is 9.05. The molecular weight excluding hydrogens is 534 g/mol. The van der Waals surface area contributed by atoms with E-state index in [1.807, 2.05) is 60.5 Å². The molecule has 0 radical (unpaired) electrons. The topological polar surface area (TPSA) is 69.6 Å². The number of rotatable bonds is 3. The van der Waals surface area contributed by atoms with E-state index >= 15 is 0 Å². The number of thiophene rings is 1. The predicted molar refractivity (Wildman–Crippen MR) is 179 cm³/mol. The standard InChI is InChI=1S/C33H20N4S.C2H4.CH5N/c1-2-10-31-26(8-1)27-17-28-30(18-32(27)38-31)37(29-9-5-13-36-33(28)29)25-15-23(21-6-3-11-34-19-21)14-24(16-25)22-7-4-12-35-20-22;2*1-2/h1-20H;1-2H2;2H2,1H3. The van der Waals surface area contributed by atoms with Gasteiger partial charge in [0.05, 0.1) is 16.6 Å². The van der Waals surface area contributed by atoms with Crippen molar-refractivity contribution in [3.05, 3.63) is 135 Å². The zero-order valence-corrected chi connectivity index (χ0v) is 24.1. The van der Waals surface area contributed by atoms with Gasteiger partial charge < -0.3 is 10.3 Å². The Morgan fingerprint density at radius 1 is 0.595 bits per heavy atom. The van der Waals surface area contributed by atoms with Gasteiger partial charge in [0.2, 0.25) is 0 Å². The molecule has 5 heterocycles. The van der Waals surface area contributed by atoms with Gasteiger partial charge in [-0.05, 0) is 78.8 Å². The van der Waals surface area contributed by atoms with Gasteiger partial charge in [-0.2, -0.15) is 0 Å². The molecule has 0 fully saturated rings. The summed E-state index contributed by atoms with van der Waals surface area (Å²) < 4.78 is 4.93. The molecule has 0 unspecified atom stereocenters. The fourth-order valence-corrected chi connectivity index (χ4v) is 6.59. The van der Waals surface area contributed by atoms with E-state index in [9.17, 15) is 0 Å². The van der Waals surface area contributed by atoms with Crippen molar-refractivity contribution >= 4 is 53.4 Å². The van der Waals surface area contributed by atoms with Gasteiger partial charge in [-0.3, -0.25) is 15.0 Å². The minimum Gasteiger partial charge on any atom is -0.333 e. The normalized spacial score (nSPS) is 10.8. The van der Waals surface area contributed by atoms with Gasteiger partial charge in [0.25, 0.3) is 0 Å². The molecular formula is C36H29N5S. The van der Waals surface area contributed by atoms with Gasteiger partial charge in [-0.15, -0.1) is 24.5 Å². The van der Waals surface area contributed by atoms with Gasteiger partial charge in [0.15, 0.2) is 0 Å². The summed E-state index contributed by atoms with van der Waals surface area (Å²) in [4.78, 5) is 13.6. The molecule has 3 aromatic carbocycles. The second kappa shape index (κ2) is 11.7. The zero-order chi connectivity index (χ0) is 29.1. The number of nitrogens with two attached hydrogens (primary N) is 1. The van der Waals surface area contributed by atoms with Crippen LogP contribution < -0.4 is 5.73 Å². The summed E-state index contributed by atoms with van der Waals surface area (Å²) in [6, 6.07) is 32.4. The van der Waals surface area contributed by atoms with Gasteiger partial charge >= 0.3 is 0 Å². The van der Waals surface area contributed by atoms with E-state index < -0.39 is 0 Å². The van der Waals surface area contributed by atoms with Crippen LogP contribution in [0.3, 0.4) is 0 Å². The van der Waals surface area contributed by atoms with Crippen molar-refractivity contribution in [3.8, 4) is 27.9 Å². The summed E-state index contributed by atoms with van der Waals surface area (Å²) in [5, 5.41) is 3.73. The maximum atomic E-state index is 4.85. The van der Waals surface area contributed by atoms with Gasteiger partial charge in [0.1, 0.15) is 0 Å². The highest BCUT2D eigenvalue weighted by Crippen LogP contribution is 2.41. The Morgan fingerprint density at radius 3 is 1.93 bits per heavy atom. The molecule has 6 heteroatoms. The highest BCUT2D eigenvalue weighted by Gasteiger charge is 2.17. The number of fused-ring (bicyclic) bond motifs is 6. The van der Waals surface area contributed by atoms with E-state index in [4.69, 9.17) is 4.98 Å². The highest BCUT2D eigenvalue weighted by molar-refractivity contribution is 7.25. The first-order chi connectivity index (χ1) is 20.8. The third-order valence-electron chi connectivity index (χ3n) is 7.18. The third-order valence-corrected chi connectivity index (χ3v) is 8.32. The van der Waals surface area contributed by atoms with Crippen LogP contribution in [0, 0.1) is 0 Å². The van der Waals surface area contributed by atoms with Crippen LogP contribution in [0.4, 0.5) is 0 Å². The van der Waals surface area contributed by atoms with E-state index in [1.165, 1.54) is 27.2 Å². The molecule has 0 aliphatic carbocycles. The molecule has 2 N–H and O–H groups in total. The average Bonchev–Trinajstić information content (AvgIpc) is 3.61. The lowest BCUT2D eigenvalue weighted by molar-refractivity contribution is 1.18. The molecule has 0 spiro atoms. The summed E-state index contributed by atoms with van der Waals surface area (Å²) in [6.45, 7) is 6.00. The van der Waals surface area contributed by atoms with Crippen molar-refractivity contribution in [2.75, 3.05) is 7.05 Å². The quantitative estimate of drug-likeness (QED) is 0.218. The van der Waals surface area contributed by atoms with Crippen LogP contribution in [0.25, 0.3) is 70.0 Å². The molecule has 0 saturated heterocycles. The lowest BCUT2D eigenvalue weighted by Gasteiger charge is -2.13. The van der Waals surface area contributed by atoms with E-state index in [-0.39, 0.29) is 0 Å². The second-order valence-corrected chi connectivity index (χ2v) is 10.5. The minimum atomic E-state index is 1.01.